The van der Waals surface area contributed by atoms with E-state index in [4.69, 9.17) is 0 Å². The summed E-state index contributed by atoms with van der Waals surface area (Å²) < 4.78 is 2.85. The number of hydrogen-bond acceptors (Lipinski definition) is 2. The van der Waals surface area contributed by atoms with Gasteiger partial charge in [0.05, 0.1) is 16.4 Å². The van der Waals surface area contributed by atoms with Crippen LogP contribution in [0.2, 0.25) is 0 Å². The normalized spacial score (nSPS) is 13.0. The smallest absolute Gasteiger partial charge is 0.108 e. The van der Waals surface area contributed by atoms with Gasteiger partial charge in [0, 0.05) is 6.04 Å². The van der Waals surface area contributed by atoms with Crippen molar-refractivity contribution < 1.29 is 5.11 Å². The largest absolute Gasteiger partial charge is 0.384 e. The Kier molecular flexibility index (Phi) is 5.63. The number of aliphatic hydroxyl groups is 1. The molecule has 0 atom stereocenters. The van der Waals surface area contributed by atoms with Crippen molar-refractivity contribution in [3.05, 3.63) is 16.4 Å². The summed E-state index contributed by atoms with van der Waals surface area (Å²) >= 11 is 3.56. The van der Waals surface area contributed by atoms with Gasteiger partial charge in [-0.15, -0.1) is 0 Å². The Morgan fingerprint density at radius 3 is 2.00 bits per heavy atom. The van der Waals surface area contributed by atoms with Gasteiger partial charge in [-0.25, -0.2) is 0 Å². The average molecular weight is 331 g/mol. The SMILES string of the molecule is CC(C)CC(O)(CC(C)C)c1c(Br)cnn1C(C)C. The molecular formula is C15H27BrN2O. The van der Waals surface area contributed by atoms with Crippen LogP contribution in [0.1, 0.15) is 66.1 Å². The number of hydrogen-bond donors (Lipinski definition) is 1. The van der Waals surface area contributed by atoms with Gasteiger partial charge in [-0.1, -0.05) is 27.7 Å². The van der Waals surface area contributed by atoms with Crippen LogP contribution in [0, 0.1) is 11.8 Å². The molecule has 0 aliphatic carbocycles. The van der Waals surface area contributed by atoms with Gasteiger partial charge in [-0.2, -0.15) is 5.10 Å². The van der Waals surface area contributed by atoms with E-state index in [1.807, 2.05) is 4.68 Å². The summed E-state index contributed by atoms with van der Waals surface area (Å²) in [6.07, 6.45) is 3.30. The maximum Gasteiger partial charge on any atom is 0.108 e. The third-order valence-electron chi connectivity index (χ3n) is 3.17. The van der Waals surface area contributed by atoms with Crippen LogP contribution < -0.4 is 0 Å². The first-order valence-corrected chi connectivity index (χ1v) is 7.92. The quantitative estimate of drug-likeness (QED) is 0.833. The van der Waals surface area contributed by atoms with Crippen LogP contribution in [-0.2, 0) is 5.60 Å². The molecule has 0 bridgehead atoms. The highest BCUT2D eigenvalue weighted by Crippen LogP contribution is 2.39. The zero-order valence-electron chi connectivity index (χ0n) is 12.9. The summed E-state index contributed by atoms with van der Waals surface area (Å²) in [6, 6.07) is 0.243. The molecule has 3 nitrogen and oxygen atoms in total. The summed E-state index contributed by atoms with van der Waals surface area (Å²) in [5.41, 5.74) is 0.104. The zero-order valence-corrected chi connectivity index (χ0v) is 14.5. The summed E-state index contributed by atoms with van der Waals surface area (Å²) in [5, 5.41) is 15.6. The molecule has 1 rings (SSSR count). The lowest BCUT2D eigenvalue weighted by molar-refractivity contribution is -0.0140. The Bertz CT molecular complexity index is 400. The highest BCUT2D eigenvalue weighted by atomic mass is 79.9. The second kappa shape index (κ2) is 6.40. The van der Waals surface area contributed by atoms with Gasteiger partial charge in [0.25, 0.3) is 0 Å². The van der Waals surface area contributed by atoms with Crippen LogP contribution >= 0.6 is 15.9 Å². The van der Waals surface area contributed by atoms with E-state index in [1.165, 1.54) is 0 Å². The van der Waals surface area contributed by atoms with E-state index in [9.17, 15) is 5.11 Å². The molecular weight excluding hydrogens is 304 g/mol. The van der Waals surface area contributed by atoms with Crippen LogP contribution in [0.3, 0.4) is 0 Å². The van der Waals surface area contributed by atoms with Crippen molar-refractivity contribution in [2.45, 2.75) is 66.0 Å². The van der Waals surface area contributed by atoms with E-state index >= 15 is 0 Å². The Morgan fingerprint density at radius 2 is 1.63 bits per heavy atom. The van der Waals surface area contributed by atoms with Gasteiger partial charge >= 0.3 is 0 Å². The van der Waals surface area contributed by atoms with Crippen molar-refractivity contribution in [3.8, 4) is 0 Å². The van der Waals surface area contributed by atoms with Crippen LogP contribution in [-0.4, -0.2) is 14.9 Å². The number of halogens is 1. The predicted octanol–water partition coefficient (Wildman–Crippen LogP) is 4.51. The lowest BCUT2D eigenvalue weighted by atomic mass is 9.82. The van der Waals surface area contributed by atoms with Gasteiger partial charge in [-0.05, 0) is 54.5 Å². The van der Waals surface area contributed by atoms with Crippen LogP contribution in [0.5, 0.6) is 0 Å². The van der Waals surface area contributed by atoms with Crippen LogP contribution in [0.4, 0.5) is 0 Å². The lowest BCUT2D eigenvalue weighted by Crippen LogP contribution is -2.33. The Hall–Kier alpha value is -0.350. The molecule has 1 N–H and O–H groups in total. The van der Waals surface area contributed by atoms with E-state index in [1.54, 1.807) is 6.20 Å². The van der Waals surface area contributed by atoms with Crippen molar-refractivity contribution >= 4 is 15.9 Å². The maximum absolute atomic E-state index is 11.2. The van der Waals surface area contributed by atoms with E-state index in [2.05, 4.69) is 62.6 Å². The van der Waals surface area contributed by atoms with E-state index in [0.29, 0.717) is 11.8 Å². The average Bonchev–Trinajstić information content (AvgIpc) is 2.57. The van der Waals surface area contributed by atoms with Crippen molar-refractivity contribution in [2.75, 3.05) is 0 Å². The Morgan fingerprint density at radius 1 is 1.16 bits per heavy atom. The molecule has 0 saturated carbocycles. The fraction of sp³-hybridized carbons (Fsp3) is 0.800. The monoisotopic (exact) mass is 330 g/mol. The first-order chi connectivity index (χ1) is 8.67. The Labute approximate surface area is 125 Å². The molecule has 19 heavy (non-hydrogen) atoms. The molecule has 4 heteroatoms. The fourth-order valence-corrected chi connectivity index (χ4v) is 3.44. The Balaban J connectivity index is 3.27. The van der Waals surface area contributed by atoms with Gasteiger partial charge in [0.15, 0.2) is 0 Å². The van der Waals surface area contributed by atoms with Crippen molar-refractivity contribution in [1.29, 1.82) is 0 Å². The van der Waals surface area contributed by atoms with Crippen molar-refractivity contribution in [2.24, 2.45) is 11.8 Å². The minimum absolute atomic E-state index is 0.243. The summed E-state index contributed by atoms with van der Waals surface area (Å²) in [7, 11) is 0. The third kappa shape index (κ3) is 4.06. The highest BCUT2D eigenvalue weighted by Gasteiger charge is 2.36. The standard InChI is InChI=1S/C15H27BrN2O/c1-10(2)7-15(19,8-11(3)4)14-13(16)9-17-18(14)12(5)6/h9-12,19H,7-8H2,1-6H3. The maximum atomic E-state index is 11.2. The zero-order chi connectivity index (χ0) is 14.8. The molecule has 1 aromatic heterocycles. The number of rotatable bonds is 6. The van der Waals surface area contributed by atoms with E-state index in [0.717, 1.165) is 23.0 Å². The predicted molar refractivity (Wildman–Crippen MR) is 83.1 cm³/mol. The van der Waals surface area contributed by atoms with Crippen molar-refractivity contribution in [1.82, 2.24) is 9.78 Å². The molecule has 0 spiro atoms. The third-order valence-corrected chi connectivity index (χ3v) is 3.75. The molecule has 0 radical (unpaired) electrons. The molecule has 0 saturated heterocycles. The molecule has 0 aromatic carbocycles. The highest BCUT2D eigenvalue weighted by molar-refractivity contribution is 9.10. The first-order valence-electron chi connectivity index (χ1n) is 7.13. The molecule has 0 amide bonds. The first kappa shape index (κ1) is 16.7. The van der Waals surface area contributed by atoms with Crippen LogP contribution in [0.25, 0.3) is 0 Å². The molecule has 0 fully saturated rings. The topological polar surface area (TPSA) is 38.1 Å². The molecule has 1 aromatic rings. The molecule has 1 heterocycles. The van der Waals surface area contributed by atoms with Gasteiger partial charge < -0.3 is 5.11 Å². The molecule has 0 aliphatic rings. The number of nitrogens with zero attached hydrogens (tertiary/aromatic N) is 2. The van der Waals surface area contributed by atoms with E-state index < -0.39 is 5.60 Å². The van der Waals surface area contributed by atoms with Gasteiger partial charge in [-0.3, -0.25) is 4.68 Å². The van der Waals surface area contributed by atoms with Crippen LogP contribution in [0.15, 0.2) is 10.7 Å². The molecule has 110 valence electrons. The van der Waals surface area contributed by atoms with E-state index in [-0.39, 0.29) is 6.04 Å². The number of aromatic nitrogens is 2. The summed E-state index contributed by atoms with van der Waals surface area (Å²) in [5.74, 6) is 0.873. The second-order valence-electron chi connectivity index (χ2n) is 6.61. The van der Waals surface area contributed by atoms with Gasteiger partial charge in [0.2, 0.25) is 0 Å². The lowest BCUT2D eigenvalue weighted by Gasteiger charge is -2.33. The van der Waals surface area contributed by atoms with Gasteiger partial charge in [0.1, 0.15) is 5.60 Å². The second-order valence-corrected chi connectivity index (χ2v) is 7.46. The molecule has 0 unspecified atom stereocenters. The minimum Gasteiger partial charge on any atom is -0.384 e. The minimum atomic E-state index is -0.818. The summed E-state index contributed by atoms with van der Waals surface area (Å²) in [4.78, 5) is 0. The van der Waals surface area contributed by atoms with Crippen molar-refractivity contribution in [3.63, 3.8) is 0 Å². The molecule has 0 aliphatic heterocycles. The summed E-state index contributed by atoms with van der Waals surface area (Å²) in [6.45, 7) is 12.8. The fourth-order valence-electron chi connectivity index (χ4n) is 2.80.